The number of carbonyl (C=O) groups is 2. The number of amides is 2. The predicted molar refractivity (Wildman–Crippen MR) is 55.4 cm³/mol. The van der Waals surface area contributed by atoms with E-state index in [0.717, 1.165) is 13.0 Å². The molecule has 0 aliphatic carbocycles. The van der Waals surface area contributed by atoms with Crippen LogP contribution in [0.15, 0.2) is 0 Å². The molecular weight excluding hydrogens is 196 g/mol. The number of ether oxygens (including phenoxy) is 1. The molecule has 0 aromatic carbocycles. The number of carbonyl (C=O) groups excluding carboxylic acids is 2. The van der Waals surface area contributed by atoms with Crippen molar-refractivity contribution in [3.63, 3.8) is 0 Å². The van der Waals surface area contributed by atoms with Crippen LogP contribution in [-0.4, -0.2) is 42.6 Å². The van der Waals surface area contributed by atoms with Crippen LogP contribution in [0.3, 0.4) is 0 Å². The first-order chi connectivity index (χ1) is 7.06. The lowest BCUT2D eigenvalue weighted by molar-refractivity contribution is -0.137. The maximum Gasteiger partial charge on any atom is 0.407 e. The van der Waals surface area contributed by atoms with Gasteiger partial charge in [0.1, 0.15) is 6.04 Å². The van der Waals surface area contributed by atoms with Crippen molar-refractivity contribution in [2.75, 3.05) is 13.7 Å². The fourth-order valence-corrected chi connectivity index (χ4v) is 1.75. The van der Waals surface area contributed by atoms with E-state index in [0.29, 0.717) is 6.42 Å². The highest BCUT2D eigenvalue weighted by atomic mass is 16.5. The third-order valence-electron chi connectivity index (χ3n) is 2.57. The molecule has 1 atom stereocenters. The Labute approximate surface area is 89.8 Å². The summed E-state index contributed by atoms with van der Waals surface area (Å²) in [7, 11) is 1.29. The molecule has 0 saturated carbocycles. The average Bonchev–Trinajstić information content (AvgIpc) is 2.20. The molecule has 0 unspecified atom stereocenters. The van der Waals surface area contributed by atoms with Gasteiger partial charge < -0.3 is 15.0 Å². The van der Waals surface area contributed by atoms with E-state index in [2.05, 4.69) is 10.1 Å². The summed E-state index contributed by atoms with van der Waals surface area (Å²) < 4.78 is 4.48. The number of hydrogen-bond acceptors (Lipinski definition) is 3. The van der Waals surface area contributed by atoms with E-state index in [-0.39, 0.29) is 11.9 Å². The van der Waals surface area contributed by atoms with E-state index < -0.39 is 12.1 Å². The molecule has 1 aliphatic heterocycles. The summed E-state index contributed by atoms with van der Waals surface area (Å²) in [5.74, 6) is -0.0124. The summed E-state index contributed by atoms with van der Waals surface area (Å²) in [5, 5.41) is 2.55. The molecule has 0 radical (unpaired) electrons. The average molecular weight is 214 g/mol. The Morgan fingerprint density at radius 1 is 1.60 bits per heavy atom. The highest BCUT2D eigenvalue weighted by Crippen LogP contribution is 2.14. The van der Waals surface area contributed by atoms with Gasteiger partial charge in [-0.15, -0.1) is 0 Å². The van der Waals surface area contributed by atoms with Gasteiger partial charge in [-0.25, -0.2) is 4.79 Å². The molecule has 15 heavy (non-hydrogen) atoms. The minimum atomic E-state index is -0.543. The zero-order chi connectivity index (χ0) is 11.4. The van der Waals surface area contributed by atoms with Gasteiger partial charge in [-0.05, 0) is 26.7 Å². The molecule has 0 aromatic rings. The zero-order valence-corrected chi connectivity index (χ0v) is 9.45. The van der Waals surface area contributed by atoms with Crippen molar-refractivity contribution in [1.82, 2.24) is 10.2 Å². The summed E-state index contributed by atoms with van der Waals surface area (Å²) in [4.78, 5) is 24.7. The van der Waals surface area contributed by atoms with Crippen molar-refractivity contribution >= 4 is 12.0 Å². The molecule has 1 fully saturated rings. The lowest BCUT2D eigenvalue weighted by atomic mass is 10.0. The van der Waals surface area contributed by atoms with Crippen LogP contribution in [0, 0.1) is 0 Å². The fraction of sp³-hybridized carbons (Fsp3) is 0.800. The second-order valence-corrected chi connectivity index (χ2v) is 3.96. The highest BCUT2D eigenvalue weighted by Gasteiger charge is 2.31. The Morgan fingerprint density at radius 2 is 2.27 bits per heavy atom. The Kier molecular flexibility index (Phi) is 3.94. The van der Waals surface area contributed by atoms with Crippen molar-refractivity contribution < 1.29 is 14.3 Å². The number of alkyl carbamates (subject to hydrolysis) is 1. The molecule has 1 saturated heterocycles. The quantitative estimate of drug-likeness (QED) is 0.737. The summed E-state index contributed by atoms with van der Waals surface area (Å²) in [6, 6.07) is -0.242. The second-order valence-electron chi connectivity index (χ2n) is 3.96. The van der Waals surface area contributed by atoms with Gasteiger partial charge in [0.25, 0.3) is 0 Å². The van der Waals surface area contributed by atoms with Crippen LogP contribution in [0.4, 0.5) is 4.79 Å². The SMILES string of the molecule is COC(=O)N[C@@H]1CCCN(C(C)C)C1=O. The maximum atomic E-state index is 11.9. The predicted octanol–water partition coefficient (Wildman–Crippen LogP) is 0.742. The fourth-order valence-electron chi connectivity index (χ4n) is 1.75. The van der Waals surface area contributed by atoms with Crippen molar-refractivity contribution in [2.24, 2.45) is 0 Å². The smallest absolute Gasteiger partial charge is 0.407 e. The van der Waals surface area contributed by atoms with Crippen molar-refractivity contribution in [3.8, 4) is 0 Å². The molecule has 2 amide bonds. The lowest BCUT2D eigenvalue weighted by Gasteiger charge is -2.35. The molecule has 1 heterocycles. The van der Waals surface area contributed by atoms with E-state index in [9.17, 15) is 9.59 Å². The summed E-state index contributed by atoms with van der Waals surface area (Å²) in [6.07, 6.45) is 1.06. The van der Waals surface area contributed by atoms with Crippen LogP contribution in [-0.2, 0) is 9.53 Å². The first kappa shape index (κ1) is 11.8. The van der Waals surface area contributed by atoms with Gasteiger partial charge in [0.15, 0.2) is 0 Å². The normalized spacial score (nSPS) is 21.7. The molecule has 0 spiro atoms. The van der Waals surface area contributed by atoms with Crippen molar-refractivity contribution in [3.05, 3.63) is 0 Å². The van der Waals surface area contributed by atoms with Crippen LogP contribution in [0.1, 0.15) is 26.7 Å². The Balaban J connectivity index is 2.58. The topological polar surface area (TPSA) is 58.6 Å². The van der Waals surface area contributed by atoms with Gasteiger partial charge >= 0.3 is 6.09 Å². The minimum absolute atomic E-state index is 0.0124. The third kappa shape index (κ3) is 2.84. The summed E-state index contributed by atoms with van der Waals surface area (Å²) in [5.41, 5.74) is 0. The zero-order valence-electron chi connectivity index (χ0n) is 9.45. The first-order valence-electron chi connectivity index (χ1n) is 5.21. The number of nitrogens with zero attached hydrogens (tertiary/aromatic N) is 1. The Hall–Kier alpha value is -1.26. The van der Waals surface area contributed by atoms with Crippen LogP contribution >= 0.6 is 0 Å². The Morgan fingerprint density at radius 3 is 2.80 bits per heavy atom. The van der Waals surface area contributed by atoms with E-state index in [1.807, 2.05) is 13.8 Å². The van der Waals surface area contributed by atoms with Crippen molar-refractivity contribution in [1.29, 1.82) is 0 Å². The number of nitrogens with one attached hydrogen (secondary N) is 1. The number of hydrogen-bond donors (Lipinski definition) is 1. The van der Waals surface area contributed by atoms with E-state index in [1.54, 1.807) is 4.90 Å². The molecule has 0 bridgehead atoms. The highest BCUT2D eigenvalue weighted by molar-refractivity contribution is 5.86. The molecule has 5 nitrogen and oxygen atoms in total. The van der Waals surface area contributed by atoms with Crippen LogP contribution in [0.2, 0.25) is 0 Å². The minimum Gasteiger partial charge on any atom is -0.453 e. The largest absolute Gasteiger partial charge is 0.453 e. The van der Waals surface area contributed by atoms with E-state index in [1.165, 1.54) is 7.11 Å². The molecule has 0 aromatic heterocycles. The maximum absolute atomic E-state index is 11.9. The van der Waals surface area contributed by atoms with Gasteiger partial charge in [0.2, 0.25) is 5.91 Å². The molecule has 1 rings (SSSR count). The monoisotopic (exact) mass is 214 g/mol. The van der Waals surface area contributed by atoms with E-state index in [4.69, 9.17) is 0 Å². The second kappa shape index (κ2) is 5.00. The molecule has 86 valence electrons. The van der Waals surface area contributed by atoms with Gasteiger partial charge in [0.05, 0.1) is 7.11 Å². The van der Waals surface area contributed by atoms with Crippen LogP contribution in [0.25, 0.3) is 0 Å². The number of piperidine rings is 1. The van der Waals surface area contributed by atoms with Crippen molar-refractivity contribution in [2.45, 2.75) is 38.8 Å². The van der Waals surface area contributed by atoms with Gasteiger partial charge in [0, 0.05) is 12.6 Å². The number of rotatable bonds is 2. The number of likely N-dealkylation sites (tertiary alicyclic amines) is 1. The van der Waals surface area contributed by atoms with E-state index >= 15 is 0 Å². The molecule has 5 heteroatoms. The summed E-state index contributed by atoms with van der Waals surface area (Å²) >= 11 is 0. The first-order valence-corrected chi connectivity index (χ1v) is 5.21. The number of methoxy groups -OCH3 is 1. The van der Waals surface area contributed by atoms with Gasteiger partial charge in [-0.3, -0.25) is 4.79 Å². The molecular formula is C10H18N2O3. The third-order valence-corrected chi connectivity index (χ3v) is 2.57. The van der Waals surface area contributed by atoms with Gasteiger partial charge in [-0.1, -0.05) is 0 Å². The van der Waals surface area contributed by atoms with Crippen LogP contribution < -0.4 is 5.32 Å². The summed E-state index contributed by atoms with van der Waals surface area (Å²) in [6.45, 7) is 4.71. The standard InChI is InChI=1S/C10H18N2O3/c1-7(2)12-6-4-5-8(9(12)13)11-10(14)15-3/h7-8H,4-6H2,1-3H3,(H,11,14)/t8-/m1/s1. The van der Waals surface area contributed by atoms with Gasteiger partial charge in [-0.2, -0.15) is 0 Å². The molecule has 1 N–H and O–H groups in total. The van der Waals surface area contributed by atoms with Crippen LogP contribution in [0.5, 0.6) is 0 Å². The lowest BCUT2D eigenvalue weighted by Crippen LogP contribution is -2.54. The Bertz CT molecular complexity index is 253. The molecule has 1 aliphatic rings.